The molecule has 19 heavy (non-hydrogen) atoms. The monoisotopic (exact) mass is 295 g/mol. The predicted molar refractivity (Wildman–Crippen MR) is 80.1 cm³/mol. The summed E-state index contributed by atoms with van der Waals surface area (Å²) in [4.78, 5) is 0. The zero-order valence-corrected chi connectivity index (χ0v) is 12.1. The molecule has 2 N–H and O–H groups in total. The van der Waals surface area contributed by atoms with Crippen molar-refractivity contribution in [3.05, 3.63) is 63.6 Å². The fourth-order valence-corrected chi connectivity index (χ4v) is 2.48. The Hall–Kier alpha value is -1.22. The lowest BCUT2D eigenvalue weighted by Crippen LogP contribution is -2.13. The molecule has 0 saturated carbocycles. The van der Waals surface area contributed by atoms with E-state index >= 15 is 0 Å². The number of ether oxygens (including phenoxy) is 1. The Labute approximate surface area is 123 Å². The summed E-state index contributed by atoms with van der Waals surface area (Å²) >= 11 is 12.0. The van der Waals surface area contributed by atoms with E-state index in [1.54, 1.807) is 19.2 Å². The molecule has 0 bridgehead atoms. The van der Waals surface area contributed by atoms with Gasteiger partial charge in [0, 0.05) is 16.1 Å². The summed E-state index contributed by atoms with van der Waals surface area (Å²) in [5, 5.41) is 1.22. The third-order valence-corrected chi connectivity index (χ3v) is 3.54. The maximum absolute atomic E-state index is 6.19. The third-order valence-electron chi connectivity index (χ3n) is 2.98. The second-order valence-corrected chi connectivity index (χ2v) is 5.17. The zero-order valence-electron chi connectivity index (χ0n) is 10.6. The van der Waals surface area contributed by atoms with Gasteiger partial charge in [-0.3, -0.25) is 0 Å². The second kappa shape index (κ2) is 6.29. The van der Waals surface area contributed by atoms with E-state index in [4.69, 9.17) is 33.7 Å². The highest BCUT2D eigenvalue weighted by Gasteiger charge is 2.11. The molecule has 0 radical (unpaired) electrons. The molecule has 0 aliphatic carbocycles. The van der Waals surface area contributed by atoms with Crippen molar-refractivity contribution in [2.45, 2.75) is 12.5 Å². The van der Waals surface area contributed by atoms with E-state index in [-0.39, 0.29) is 6.04 Å². The van der Waals surface area contributed by atoms with Crippen molar-refractivity contribution >= 4 is 23.2 Å². The van der Waals surface area contributed by atoms with Crippen LogP contribution in [0, 0.1) is 0 Å². The molecule has 0 aliphatic rings. The van der Waals surface area contributed by atoms with Gasteiger partial charge in [-0.2, -0.15) is 0 Å². The molecule has 0 aliphatic heterocycles. The average Bonchev–Trinajstić information content (AvgIpc) is 2.39. The molecule has 0 amide bonds. The van der Waals surface area contributed by atoms with Gasteiger partial charge in [-0.25, -0.2) is 0 Å². The summed E-state index contributed by atoms with van der Waals surface area (Å²) in [6.07, 6.45) is 0.714. The molecule has 0 spiro atoms. The Balaban J connectivity index is 2.13. The highest BCUT2D eigenvalue weighted by atomic mass is 35.5. The highest BCUT2D eigenvalue weighted by molar-refractivity contribution is 6.35. The lowest BCUT2D eigenvalue weighted by molar-refractivity contribution is 0.414. The molecule has 0 heterocycles. The highest BCUT2D eigenvalue weighted by Crippen LogP contribution is 2.27. The standard InChI is InChI=1S/C15H15Cl2NO/c1-19-12-5-2-10(3-6-12)8-15(18)13-7-4-11(16)9-14(13)17/h2-7,9,15H,8,18H2,1H3. The minimum absolute atomic E-state index is 0.154. The Morgan fingerprint density at radius 3 is 2.37 bits per heavy atom. The summed E-state index contributed by atoms with van der Waals surface area (Å²) in [6.45, 7) is 0. The SMILES string of the molecule is COc1ccc(CC(N)c2ccc(Cl)cc2Cl)cc1. The normalized spacial score (nSPS) is 12.2. The number of benzene rings is 2. The number of hydrogen-bond donors (Lipinski definition) is 1. The molecule has 0 fully saturated rings. The van der Waals surface area contributed by atoms with Gasteiger partial charge in [0.15, 0.2) is 0 Å². The van der Waals surface area contributed by atoms with Crippen molar-refractivity contribution in [2.75, 3.05) is 7.11 Å². The number of halogens is 2. The minimum Gasteiger partial charge on any atom is -0.497 e. The van der Waals surface area contributed by atoms with Gasteiger partial charge in [0.25, 0.3) is 0 Å². The molecule has 0 aromatic heterocycles. The van der Waals surface area contributed by atoms with E-state index in [1.807, 2.05) is 30.3 Å². The summed E-state index contributed by atoms with van der Waals surface area (Å²) in [7, 11) is 1.65. The average molecular weight is 296 g/mol. The van der Waals surface area contributed by atoms with Crippen LogP contribution in [0.1, 0.15) is 17.2 Å². The first-order valence-electron chi connectivity index (χ1n) is 5.93. The van der Waals surface area contributed by atoms with Crippen LogP contribution < -0.4 is 10.5 Å². The lowest BCUT2D eigenvalue weighted by Gasteiger charge is -2.14. The van der Waals surface area contributed by atoms with Crippen LogP contribution in [0.5, 0.6) is 5.75 Å². The van der Waals surface area contributed by atoms with E-state index in [0.717, 1.165) is 16.9 Å². The fourth-order valence-electron chi connectivity index (χ4n) is 1.93. The molecule has 4 heteroatoms. The van der Waals surface area contributed by atoms with Gasteiger partial charge >= 0.3 is 0 Å². The topological polar surface area (TPSA) is 35.2 Å². The molecule has 0 saturated heterocycles. The van der Waals surface area contributed by atoms with Crippen LogP contribution in [0.25, 0.3) is 0 Å². The number of rotatable bonds is 4. The molecule has 1 atom stereocenters. The van der Waals surface area contributed by atoms with Gasteiger partial charge in [0.1, 0.15) is 5.75 Å². The van der Waals surface area contributed by atoms with Crippen LogP contribution in [0.2, 0.25) is 10.0 Å². The molecule has 1 unspecified atom stereocenters. The fraction of sp³-hybridized carbons (Fsp3) is 0.200. The van der Waals surface area contributed by atoms with Gasteiger partial charge in [-0.05, 0) is 41.8 Å². The summed E-state index contributed by atoms with van der Waals surface area (Å²) in [5.74, 6) is 0.835. The Kier molecular flexibility index (Phi) is 4.70. The Morgan fingerprint density at radius 1 is 1.11 bits per heavy atom. The first kappa shape index (κ1) is 14.2. The van der Waals surface area contributed by atoms with Crippen molar-refractivity contribution in [1.29, 1.82) is 0 Å². The van der Waals surface area contributed by atoms with Crippen LogP contribution in [0.3, 0.4) is 0 Å². The predicted octanol–water partition coefficient (Wildman–Crippen LogP) is 4.24. The van der Waals surface area contributed by atoms with E-state index < -0.39 is 0 Å². The second-order valence-electron chi connectivity index (χ2n) is 4.32. The van der Waals surface area contributed by atoms with Gasteiger partial charge < -0.3 is 10.5 Å². The summed E-state index contributed by atoms with van der Waals surface area (Å²) in [5.41, 5.74) is 8.23. The zero-order chi connectivity index (χ0) is 13.8. The van der Waals surface area contributed by atoms with E-state index in [1.165, 1.54) is 0 Å². The number of hydrogen-bond acceptors (Lipinski definition) is 2. The largest absolute Gasteiger partial charge is 0.497 e. The lowest BCUT2D eigenvalue weighted by atomic mass is 9.99. The molecule has 2 nitrogen and oxygen atoms in total. The summed E-state index contributed by atoms with van der Waals surface area (Å²) < 4.78 is 5.12. The molecular weight excluding hydrogens is 281 g/mol. The molecule has 2 aromatic rings. The first-order chi connectivity index (χ1) is 9.10. The molecule has 100 valence electrons. The first-order valence-corrected chi connectivity index (χ1v) is 6.69. The van der Waals surface area contributed by atoms with Crippen molar-refractivity contribution in [3.8, 4) is 5.75 Å². The van der Waals surface area contributed by atoms with E-state index in [9.17, 15) is 0 Å². The third kappa shape index (κ3) is 3.63. The van der Waals surface area contributed by atoms with Crippen LogP contribution in [-0.4, -0.2) is 7.11 Å². The van der Waals surface area contributed by atoms with Crippen molar-refractivity contribution < 1.29 is 4.74 Å². The molecule has 2 rings (SSSR count). The summed E-state index contributed by atoms with van der Waals surface area (Å²) in [6, 6.07) is 13.1. The maximum Gasteiger partial charge on any atom is 0.118 e. The van der Waals surface area contributed by atoms with Crippen LogP contribution in [-0.2, 0) is 6.42 Å². The van der Waals surface area contributed by atoms with Crippen molar-refractivity contribution in [3.63, 3.8) is 0 Å². The number of nitrogens with two attached hydrogens (primary N) is 1. The van der Waals surface area contributed by atoms with Crippen LogP contribution in [0.15, 0.2) is 42.5 Å². The van der Waals surface area contributed by atoms with Gasteiger partial charge in [-0.1, -0.05) is 41.4 Å². The maximum atomic E-state index is 6.19. The quantitative estimate of drug-likeness (QED) is 0.915. The van der Waals surface area contributed by atoms with Gasteiger partial charge in [0.05, 0.1) is 7.11 Å². The van der Waals surface area contributed by atoms with Crippen molar-refractivity contribution in [1.82, 2.24) is 0 Å². The van der Waals surface area contributed by atoms with Crippen LogP contribution >= 0.6 is 23.2 Å². The Morgan fingerprint density at radius 2 is 1.79 bits per heavy atom. The molecule has 2 aromatic carbocycles. The van der Waals surface area contributed by atoms with Gasteiger partial charge in [0.2, 0.25) is 0 Å². The van der Waals surface area contributed by atoms with Crippen molar-refractivity contribution in [2.24, 2.45) is 5.73 Å². The van der Waals surface area contributed by atoms with Crippen LogP contribution in [0.4, 0.5) is 0 Å². The Bertz CT molecular complexity index is 555. The number of methoxy groups -OCH3 is 1. The van der Waals surface area contributed by atoms with Gasteiger partial charge in [-0.15, -0.1) is 0 Å². The molecular formula is C15H15Cl2NO. The van der Waals surface area contributed by atoms with E-state index in [2.05, 4.69) is 0 Å². The smallest absolute Gasteiger partial charge is 0.118 e. The minimum atomic E-state index is -0.154. The van der Waals surface area contributed by atoms with E-state index in [0.29, 0.717) is 16.5 Å².